The van der Waals surface area contributed by atoms with E-state index in [2.05, 4.69) is 12.1 Å². The Balaban J connectivity index is 1.56. The summed E-state index contributed by atoms with van der Waals surface area (Å²) in [5.74, 6) is -0.212. The van der Waals surface area contributed by atoms with Crippen molar-refractivity contribution >= 4 is 11.5 Å². The van der Waals surface area contributed by atoms with Crippen molar-refractivity contribution in [2.75, 3.05) is 0 Å². The van der Waals surface area contributed by atoms with Gasteiger partial charge in [0.2, 0.25) is 0 Å². The Morgan fingerprint density at radius 2 is 1.71 bits per heavy atom. The lowest BCUT2D eigenvalue weighted by molar-refractivity contribution is -0.146. The molecule has 2 aliphatic rings. The second-order valence-corrected chi connectivity index (χ2v) is 6.32. The zero-order valence-electron chi connectivity index (χ0n) is 13.5. The van der Waals surface area contributed by atoms with Crippen LogP contribution in [0.3, 0.4) is 0 Å². The molecule has 122 valence electrons. The van der Waals surface area contributed by atoms with Gasteiger partial charge in [-0.05, 0) is 36.0 Å². The lowest BCUT2D eigenvalue weighted by atomic mass is 9.86. The number of esters is 1. The van der Waals surface area contributed by atoms with Crippen LogP contribution >= 0.6 is 0 Å². The van der Waals surface area contributed by atoms with E-state index >= 15 is 0 Å². The molecule has 0 saturated heterocycles. The molecule has 0 aromatic heterocycles. The van der Waals surface area contributed by atoms with Crippen molar-refractivity contribution in [2.24, 2.45) is 0 Å². The molecule has 2 atom stereocenters. The van der Waals surface area contributed by atoms with Crippen molar-refractivity contribution in [3.05, 3.63) is 77.4 Å². The molecule has 1 saturated carbocycles. The monoisotopic (exact) mass is 320 g/mol. The van der Waals surface area contributed by atoms with Crippen molar-refractivity contribution in [3.8, 4) is 0 Å². The quantitative estimate of drug-likeness (QED) is 0.795. The third-order valence-corrected chi connectivity index (χ3v) is 4.74. The lowest BCUT2D eigenvalue weighted by Gasteiger charge is -2.29. The van der Waals surface area contributed by atoms with E-state index in [0.717, 1.165) is 41.5 Å². The summed E-state index contributed by atoms with van der Waals surface area (Å²) in [5.41, 5.74) is 3.94. The van der Waals surface area contributed by atoms with Gasteiger partial charge in [-0.25, -0.2) is 4.79 Å². The van der Waals surface area contributed by atoms with Gasteiger partial charge in [0.05, 0.1) is 18.3 Å². The van der Waals surface area contributed by atoms with E-state index in [0.29, 0.717) is 6.61 Å². The first-order chi connectivity index (χ1) is 11.8. The van der Waals surface area contributed by atoms with Gasteiger partial charge in [0.25, 0.3) is 0 Å². The highest BCUT2D eigenvalue weighted by Gasteiger charge is 2.42. The zero-order chi connectivity index (χ0) is 16.4. The molecule has 1 heterocycles. The minimum Gasteiger partial charge on any atom is -0.451 e. The molecule has 1 aliphatic carbocycles. The molecule has 4 rings (SSSR count). The molecule has 0 spiro atoms. The number of benzene rings is 2. The lowest BCUT2D eigenvalue weighted by Crippen LogP contribution is -2.34. The van der Waals surface area contributed by atoms with Gasteiger partial charge < -0.3 is 9.47 Å². The van der Waals surface area contributed by atoms with Crippen molar-refractivity contribution in [1.29, 1.82) is 0 Å². The molecule has 1 fully saturated rings. The minimum atomic E-state index is -0.231. The summed E-state index contributed by atoms with van der Waals surface area (Å²) in [6.07, 6.45) is 2.57. The van der Waals surface area contributed by atoms with Crippen LogP contribution in [0.5, 0.6) is 0 Å². The van der Waals surface area contributed by atoms with Crippen LogP contribution in [-0.4, -0.2) is 18.2 Å². The summed E-state index contributed by atoms with van der Waals surface area (Å²) < 4.78 is 11.8. The van der Waals surface area contributed by atoms with Gasteiger partial charge in [0.15, 0.2) is 6.10 Å². The molecule has 24 heavy (non-hydrogen) atoms. The Labute approximate surface area is 141 Å². The van der Waals surface area contributed by atoms with Crippen LogP contribution in [0.4, 0.5) is 0 Å². The predicted molar refractivity (Wildman–Crippen MR) is 92.1 cm³/mol. The summed E-state index contributed by atoms with van der Waals surface area (Å²) in [5, 5.41) is 0. The van der Waals surface area contributed by atoms with E-state index in [1.165, 1.54) is 0 Å². The van der Waals surface area contributed by atoms with Crippen LogP contribution in [0.25, 0.3) is 5.57 Å². The average Bonchev–Trinajstić information content (AvgIpc) is 2.98. The normalized spacial score (nSPS) is 23.1. The van der Waals surface area contributed by atoms with E-state index < -0.39 is 0 Å². The van der Waals surface area contributed by atoms with Crippen LogP contribution in [-0.2, 0) is 20.9 Å². The molecule has 3 heteroatoms. The van der Waals surface area contributed by atoms with Gasteiger partial charge in [0.1, 0.15) is 0 Å². The number of hydrogen-bond acceptors (Lipinski definition) is 3. The van der Waals surface area contributed by atoms with Gasteiger partial charge in [-0.15, -0.1) is 0 Å². The SMILES string of the molecule is O=C1O[C@@H]2C(=C1c1ccccc1)CCC[C@@H]2OCc1ccccc1. The van der Waals surface area contributed by atoms with Gasteiger partial charge >= 0.3 is 5.97 Å². The Hall–Kier alpha value is -2.39. The molecular formula is C21H20O3. The molecule has 2 aromatic rings. The number of rotatable bonds is 4. The highest BCUT2D eigenvalue weighted by molar-refractivity contribution is 6.19. The summed E-state index contributed by atoms with van der Waals surface area (Å²) in [6.45, 7) is 0.549. The Morgan fingerprint density at radius 3 is 2.46 bits per heavy atom. The minimum absolute atomic E-state index is 0.0564. The molecule has 0 N–H and O–H groups in total. The van der Waals surface area contributed by atoms with Crippen molar-refractivity contribution < 1.29 is 14.3 Å². The Bertz CT molecular complexity index is 749. The Kier molecular flexibility index (Phi) is 4.18. The largest absolute Gasteiger partial charge is 0.451 e. The molecule has 0 amide bonds. The molecule has 0 bridgehead atoms. The van der Waals surface area contributed by atoms with Crippen LogP contribution < -0.4 is 0 Å². The second kappa shape index (κ2) is 6.62. The number of ether oxygens (including phenoxy) is 2. The van der Waals surface area contributed by atoms with Crippen LogP contribution in [0.1, 0.15) is 30.4 Å². The van der Waals surface area contributed by atoms with Gasteiger partial charge in [0, 0.05) is 0 Å². The van der Waals surface area contributed by atoms with Crippen molar-refractivity contribution in [1.82, 2.24) is 0 Å². The van der Waals surface area contributed by atoms with E-state index in [1.807, 2.05) is 48.5 Å². The van der Waals surface area contributed by atoms with Crippen molar-refractivity contribution in [3.63, 3.8) is 0 Å². The standard InChI is InChI=1S/C21H20O3/c22-21-19(16-10-5-2-6-11-16)17-12-7-13-18(20(17)24-21)23-14-15-8-3-1-4-9-15/h1-6,8-11,18,20H,7,12-14H2/t18-,20+/m0/s1. The molecule has 2 aromatic carbocycles. The van der Waals surface area contributed by atoms with E-state index in [1.54, 1.807) is 0 Å². The zero-order valence-corrected chi connectivity index (χ0v) is 13.5. The maximum Gasteiger partial charge on any atom is 0.339 e. The fourth-order valence-corrected chi connectivity index (χ4v) is 3.59. The molecular weight excluding hydrogens is 300 g/mol. The first kappa shape index (κ1) is 15.2. The number of carbonyl (C=O) groups excluding carboxylic acids is 1. The summed E-state index contributed by atoms with van der Waals surface area (Å²) in [6, 6.07) is 19.9. The van der Waals surface area contributed by atoms with Crippen molar-refractivity contribution in [2.45, 2.75) is 38.1 Å². The fraction of sp³-hybridized carbons (Fsp3) is 0.286. The summed E-state index contributed by atoms with van der Waals surface area (Å²) in [7, 11) is 0. The number of carbonyl (C=O) groups is 1. The van der Waals surface area contributed by atoms with Gasteiger partial charge in [-0.2, -0.15) is 0 Å². The predicted octanol–water partition coefficient (Wildman–Crippen LogP) is 4.13. The summed E-state index contributed by atoms with van der Waals surface area (Å²) in [4.78, 5) is 12.4. The molecule has 0 radical (unpaired) electrons. The highest BCUT2D eigenvalue weighted by Crippen LogP contribution is 2.40. The number of fused-ring (bicyclic) bond motifs is 1. The second-order valence-electron chi connectivity index (χ2n) is 6.32. The van der Waals surface area contributed by atoms with E-state index in [9.17, 15) is 4.79 Å². The first-order valence-electron chi connectivity index (χ1n) is 8.48. The third kappa shape index (κ3) is 2.87. The summed E-state index contributed by atoms with van der Waals surface area (Å²) >= 11 is 0. The highest BCUT2D eigenvalue weighted by atomic mass is 16.6. The topological polar surface area (TPSA) is 35.5 Å². The van der Waals surface area contributed by atoms with Crippen LogP contribution in [0.15, 0.2) is 66.2 Å². The molecule has 0 unspecified atom stereocenters. The van der Waals surface area contributed by atoms with Gasteiger partial charge in [-0.1, -0.05) is 60.7 Å². The smallest absolute Gasteiger partial charge is 0.339 e. The molecule has 1 aliphatic heterocycles. The molecule has 3 nitrogen and oxygen atoms in total. The van der Waals surface area contributed by atoms with Crippen LogP contribution in [0.2, 0.25) is 0 Å². The van der Waals surface area contributed by atoms with Crippen LogP contribution in [0, 0.1) is 0 Å². The third-order valence-electron chi connectivity index (χ3n) is 4.74. The fourth-order valence-electron chi connectivity index (χ4n) is 3.59. The Morgan fingerprint density at radius 1 is 1.00 bits per heavy atom. The maximum atomic E-state index is 12.4. The van der Waals surface area contributed by atoms with E-state index in [-0.39, 0.29) is 18.2 Å². The number of hydrogen-bond donors (Lipinski definition) is 0. The maximum absolute atomic E-state index is 12.4. The van der Waals surface area contributed by atoms with E-state index in [4.69, 9.17) is 9.47 Å². The van der Waals surface area contributed by atoms with Gasteiger partial charge in [-0.3, -0.25) is 0 Å². The average molecular weight is 320 g/mol. The first-order valence-corrected chi connectivity index (χ1v) is 8.48.